The summed E-state index contributed by atoms with van der Waals surface area (Å²) in [4.78, 5) is 0. The fraction of sp³-hybridized carbons (Fsp3) is 0.400. The first-order chi connectivity index (χ1) is 8.79. The van der Waals surface area contributed by atoms with Crippen LogP contribution < -0.4 is 5.32 Å². The van der Waals surface area contributed by atoms with Crippen molar-refractivity contribution in [3.05, 3.63) is 53.9 Å². The molecule has 0 bridgehead atoms. The van der Waals surface area contributed by atoms with Gasteiger partial charge in [0.2, 0.25) is 0 Å². The molecule has 0 saturated carbocycles. The number of nitrogens with zero attached hydrogens (tertiary/aromatic N) is 2. The number of nitrogens with one attached hydrogen (secondary N) is 1. The molecule has 1 aromatic carbocycles. The maximum absolute atomic E-state index is 4.47. The molecule has 1 unspecified atom stereocenters. The van der Waals surface area contributed by atoms with Crippen molar-refractivity contribution in [1.82, 2.24) is 15.1 Å². The maximum atomic E-state index is 4.47. The molecule has 18 heavy (non-hydrogen) atoms. The first-order valence-corrected chi connectivity index (χ1v) is 6.53. The predicted octanol–water partition coefficient (Wildman–Crippen LogP) is 2.36. The van der Waals surface area contributed by atoms with E-state index in [9.17, 15) is 0 Å². The van der Waals surface area contributed by atoms with E-state index in [2.05, 4.69) is 53.7 Å². The van der Waals surface area contributed by atoms with Crippen LogP contribution >= 0.6 is 0 Å². The molecule has 0 radical (unpaired) electrons. The van der Waals surface area contributed by atoms with E-state index in [1.54, 1.807) is 0 Å². The Kier molecular flexibility index (Phi) is 4.53. The molecule has 0 amide bonds. The van der Waals surface area contributed by atoms with Crippen molar-refractivity contribution >= 4 is 0 Å². The summed E-state index contributed by atoms with van der Waals surface area (Å²) in [6, 6.07) is 12.8. The molecule has 2 rings (SSSR count). The van der Waals surface area contributed by atoms with Gasteiger partial charge in [0.1, 0.15) is 0 Å². The minimum atomic E-state index is 0.487. The molecule has 1 heterocycles. The molecule has 3 heteroatoms. The van der Waals surface area contributed by atoms with Crippen molar-refractivity contribution in [2.24, 2.45) is 7.05 Å². The zero-order valence-corrected chi connectivity index (χ0v) is 11.1. The lowest BCUT2D eigenvalue weighted by Crippen LogP contribution is -2.22. The van der Waals surface area contributed by atoms with Gasteiger partial charge < -0.3 is 5.32 Å². The third-order valence-corrected chi connectivity index (χ3v) is 3.14. The summed E-state index contributed by atoms with van der Waals surface area (Å²) in [5, 5.41) is 7.91. The van der Waals surface area contributed by atoms with Crippen molar-refractivity contribution in [3.8, 4) is 0 Å². The minimum absolute atomic E-state index is 0.487. The fourth-order valence-corrected chi connectivity index (χ4v) is 2.18. The lowest BCUT2D eigenvalue weighted by atomic mass is 9.94. The zero-order valence-electron chi connectivity index (χ0n) is 11.1. The summed E-state index contributed by atoms with van der Waals surface area (Å²) in [6.07, 6.45) is 2.99. The van der Waals surface area contributed by atoms with E-state index in [1.807, 2.05) is 17.9 Å². The molecule has 3 nitrogen and oxygen atoms in total. The second-order valence-corrected chi connectivity index (χ2v) is 4.60. The summed E-state index contributed by atoms with van der Waals surface area (Å²) in [5.41, 5.74) is 2.54. The number of hydrogen-bond acceptors (Lipinski definition) is 2. The van der Waals surface area contributed by atoms with Gasteiger partial charge in [-0.2, -0.15) is 5.10 Å². The van der Waals surface area contributed by atoms with Crippen LogP contribution in [0.4, 0.5) is 0 Å². The van der Waals surface area contributed by atoms with Crippen molar-refractivity contribution in [2.75, 3.05) is 13.1 Å². The smallest absolute Gasteiger partial charge is 0.0631 e. The SMILES string of the molecule is CCNCC(Cc1ccn(C)n1)c1ccccc1. The predicted molar refractivity (Wildman–Crippen MR) is 74.6 cm³/mol. The minimum Gasteiger partial charge on any atom is -0.316 e. The van der Waals surface area contributed by atoms with Gasteiger partial charge in [0, 0.05) is 25.7 Å². The van der Waals surface area contributed by atoms with E-state index >= 15 is 0 Å². The second-order valence-electron chi connectivity index (χ2n) is 4.60. The largest absolute Gasteiger partial charge is 0.316 e. The molecule has 1 atom stereocenters. The quantitative estimate of drug-likeness (QED) is 0.844. The number of aromatic nitrogens is 2. The van der Waals surface area contributed by atoms with Crippen molar-refractivity contribution in [3.63, 3.8) is 0 Å². The van der Waals surface area contributed by atoms with Crippen LogP contribution in [0.5, 0.6) is 0 Å². The first-order valence-electron chi connectivity index (χ1n) is 6.53. The molecule has 0 fully saturated rings. The molecule has 0 aliphatic carbocycles. The van der Waals surface area contributed by atoms with E-state index in [1.165, 1.54) is 5.56 Å². The third-order valence-electron chi connectivity index (χ3n) is 3.14. The van der Waals surface area contributed by atoms with Crippen molar-refractivity contribution in [1.29, 1.82) is 0 Å². The Morgan fingerprint density at radius 3 is 2.61 bits per heavy atom. The van der Waals surface area contributed by atoms with Gasteiger partial charge in [0.25, 0.3) is 0 Å². The fourth-order valence-electron chi connectivity index (χ4n) is 2.18. The van der Waals surface area contributed by atoms with Crippen LogP contribution in [0.1, 0.15) is 24.1 Å². The third kappa shape index (κ3) is 3.44. The van der Waals surface area contributed by atoms with Gasteiger partial charge in [-0.15, -0.1) is 0 Å². The van der Waals surface area contributed by atoms with Gasteiger partial charge in [-0.3, -0.25) is 4.68 Å². The van der Waals surface area contributed by atoms with Crippen LogP contribution in [0, 0.1) is 0 Å². The Labute approximate surface area is 109 Å². The Bertz CT molecular complexity index is 462. The zero-order chi connectivity index (χ0) is 12.8. The van der Waals surface area contributed by atoms with Crippen molar-refractivity contribution in [2.45, 2.75) is 19.3 Å². The molecule has 1 N–H and O–H groups in total. The average molecular weight is 243 g/mol. The summed E-state index contributed by atoms with van der Waals surface area (Å²) in [6.45, 7) is 4.14. The van der Waals surface area contributed by atoms with Crippen LogP contribution in [-0.4, -0.2) is 22.9 Å². The van der Waals surface area contributed by atoms with Gasteiger partial charge >= 0.3 is 0 Å². The highest BCUT2D eigenvalue weighted by Crippen LogP contribution is 2.19. The molecule has 0 aliphatic rings. The highest BCUT2D eigenvalue weighted by atomic mass is 15.2. The van der Waals surface area contributed by atoms with E-state index in [4.69, 9.17) is 0 Å². The van der Waals surface area contributed by atoms with Gasteiger partial charge in [0.05, 0.1) is 5.69 Å². The van der Waals surface area contributed by atoms with Gasteiger partial charge in [-0.25, -0.2) is 0 Å². The summed E-state index contributed by atoms with van der Waals surface area (Å²) in [7, 11) is 1.96. The molecule has 0 saturated heterocycles. The molecule has 0 spiro atoms. The Morgan fingerprint density at radius 2 is 2.00 bits per heavy atom. The molecule has 0 aliphatic heterocycles. The molecule has 2 aromatic rings. The first kappa shape index (κ1) is 12.8. The molecular weight excluding hydrogens is 222 g/mol. The Morgan fingerprint density at radius 1 is 1.22 bits per heavy atom. The molecular formula is C15H21N3. The monoisotopic (exact) mass is 243 g/mol. The highest BCUT2D eigenvalue weighted by molar-refractivity contribution is 5.22. The van der Waals surface area contributed by atoms with Crippen LogP contribution in [0.15, 0.2) is 42.6 Å². The second kappa shape index (κ2) is 6.36. The van der Waals surface area contributed by atoms with E-state index < -0.39 is 0 Å². The van der Waals surface area contributed by atoms with Crippen molar-refractivity contribution < 1.29 is 0 Å². The normalized spacial score (nSPS) is 12.6. The summed E-state index contributed by atoms with van der Waals surface area (Å²) >= 11 is 0. The van der Waals surface area contributed by atoms with E-state index in [-0.39, 0.29) is 0 Å². The standard InChI is InChI=1S/C15H21N3/c1-3-16-12-14(13-7-5-4-6-8-13)11-15-9-10-18(2)17-15/h4-10,14,16H,3,11-12H2,1-2H3. The topological polar surface area (TPSA) is 29.9 Å². The lowest BCUT2D eigenvalue weighted by molar-refractivity contribution is 0.583. The van der Waals surface area contributed by atoms with E-state index in [0.717, 1.165) is 25.2 Å². The van der Waals surface area contributed by atoms with Crippen LogP contribution in [0.25, 0.3) is 0 Å². The number of rotatable bonds is 6. The summed E-state index contributed by atoms with van der Waals surface area (Å²) < 4.78 is 1.87. The van der Waals surface area contributed by atoms with Gasteiger partial charge in [0.15, 0.2) is 0 Å². The number of likely N-dealkylation sites (N-methyl/N-ethyl adjacent to an activating group) is 1. The summed E-state index contributed by atoms with van der Waals surface area (Å²) in [5.74, 6) is 0.487. The number of benzene rings is 1. The number of hydrogen-bond donors (Lipinski definition) is 1. The van der Waals surface area contributed by atoms with E-state index in [0.29, 0.717) is 5.92 Å². The van der Waals surface area contributed by atoms with Crippen LogP contribution in [0.2, 0.25) is 0 Å². The van der Waals surface area contributed by atoms with Crippen LogP contribution in [-0.2, 0) is 13.5 Å². The van der Waals surface area contributed by atoms with Gasteiger partial charge in [-0.05, 0) is 24.6 Å². The average Bonchev–Trinajstić information content (AvgIpc) is 2.81. The Balaban J connectivity index is 2.10. The molecule has 96 valence electrons. The van der Waals surface area contributed by atoms with Gasteiger partial charge in [-0.1, -0.05) is 37.3 Å². The maximum Gasteiger partial charge on any atom is 0.0631 e. The highest BCUT2D eigenvalue weighted by Gasteiger charge is 2.13. The van der Waals surface area contributed by atoms with Crippen LogP contribution in [0.3, 0.4) is 0 Å². The lowest BCUT2D eigenvalue weighted by Gasteiger charge is -2.16. The number of aryl methyl sites for hydroxylation is 1. The Hall–Kier alpha value is -1.61. The molecule has 1 aromatic heterocycles.